The topological polar surface area (TPSA) is 130 Å². The molecular weight excluding hydrogens is 458 g/mol. The van der Waals surface area contributed by atoms with Gasteiger partial charge in [-0.15, -0.1) is 0 Å². The molecule has 0 spiro atoms. The summed E-state index contributed by atoms with van der Waals surface area (Å²) in [6, 6.07) is 3.36. The third kappa shape index (κ3) is 9.97. The van der Waals surface area contributed by atoms with Crippen LogP contribution in [-0.2, 0) is 14.6 Å². The standard InChI is InChI=1S/C23H35N5O5S/c1-5-24-20-19(21(29)25-12-13-28-14-16-34(31,32)17-15-28)10-9-18(27-20)8-6-7-11-26-22(30)33-23(2,3)4/h9-10H,5,7,11-17H2,1-4H3,(H,24,27)(H,25,29)(H,26,30). The van der Waals surface area contributed by atoms with E-state index in [9.17, 15) is 18.0 Å². The fraction of sp³-hybridized carbons (Fsp3) is 0.609. The summed E-state index contributed by atoms with van der Waals surface area (Å²) in [5, 5.41) is 8.61. The fourth-order valence-corrected chi connectivity index (χ4v) is 4.38. The number of anilines is 1. The summed E-state index contributed by atoms with van der Waals surface area (Å²) < 4.78 is 28.2. The molecule has 0 radical (unpaired) electrons. The quantitative estimate of drug-likeness (QED) is 0.364. The van der Waals surface area contributed by atoms with Crippen LogP contribution in [0, 0.1) is 11.8 Å². The maximum absolute atomic E-state index is 12.7. The molecule has 2 amide bonds. The highest BCUT2D eigenvalue weighted by atomic mass is 32.2. The molecule has 2 heterocycles. The summed E-state index contributed by atoms with van der Waals surface area (Å²) in [6.45, 7) is 10.2. The number of hydrogen-bond acceptors (Lipinski definition) is 8. The minimum atomic E-state index is -2.92. The summed E-state index contributed by atoms with van der Waals surface area (Å²) in [7, 11) is -2.92. The highest BCUT2D eigenvalue weighted by molar-refractivity contribution is 7.91. The molecule has 0 unspecified atom stereocenters. The molecule has 2 rings (SSSR count). The van der Waals surface area contributed by atoms with E-state index in [1.807, 2.05) is 11.8 Å². The minimum absolute atomic E-state index is 0.162. The maximum Gasteiger partial charge on any atom is 0.407 e. The molecule has 0 bridgehead atoms. The van der Waals surface area contributed by atoms with Crippen LogP contribution in [0.5, 0.6) is 0 Å². The first-order valence-electron chi connectivity index (χ1n) is 11.4. The number of aromatic nitrogens is 1. The molecule has 10 nitrogen and oxygen atoms in total. The first-order valence-corrected chi connectivity index (χ1v) is 13.2. The lowest BCUT2D eigenvalue weighted by Gasteiger charge is -2.26. The average molecular weight is 494 g/mol. The minimum Gasteiger partial charge on any atom is -0.444 e. The zero-order valence-corrected chi connectivity index (χ0v) is 21.2. The van der Waals surface area contributed by atoms with Gasteiger partial charge in [-0.2, -0.15) is 0 Å². The Kier molecular flexibility index (Phi) is 10.1. The number of rotatable bonds is 8. The van der Waals surface area contributed by atoms with E-state index in [4.69, 9.17) is 4.74 Å². The van der Waals surface area contributed by atoms with E-state index >= 15 is 0 Å². The van der Waals surface area contributed by atoms with E-state index < -0.39 is 21.5 Å². The molecule has 1 aromatic rings. The van der Waals surface area contributed by atoms with Crippen LogP contribution in [0.25, 0.3) is 0 Å². The Morgan fingerprint density at radius 3 is 2.50 bits per heavy atom. The third-order valence-corrected chi connectivity index (χ3v) is 6.38. The lowest BCUT2D eigenvalue weighted by atomic mass is 10.2. The number of carbonyl (C=O) groups excluding carboxylic acids is 2. The molecule has 0 aromatic carbocycles. The van der Waals surface area contributed by atoms with Crippen LogP contribution in [0.4, 0.5) is 10.6 Å². The van der Waals surface area contributed by atoms with Gasteiger partial charge in [-0.25, -0.2) is 18.2 Å². The van der Waals surface area contributed by atoms with Crippen molar-refractivity contribution in [2.24, 2.45) is 0 Å². The van der Waals surface area contributed by atoms with E-state index in [-0.39, 0.29) is 17.4 Å². The molecule has 1 aliphatic rings. The largest absolute Gasteiger partial charge is 0.444 e. The van der Waals surface area contributed by atoms with Crippen LogP contribution in [-0.4, -0.2) is 86.7 Å². The summed E-state index contributed by atoms with van der Waals surface area (Å²) in [5.74, 6) is 6.41. The van der Waals surface area contributed by atoms with Crippen LogP contribution in [0.1, 0.15) is 50.2 Å². The number of hydrogen-bond donors (Lipinski definition) is 3. The van der Waals surface area contributed by atoms with Crippen molar-refractivity contribution in [1.29, 1.82) is 0 Å². The van der Waals surface area contributed by atoms with Crippen molar-refractivity contribution in [2.45, 2.75) is 39.7 Å². The van der Waals surface area contributed by atoms with E-state index in [2.05, 4.69) is 32.8 Å². The van der Waals surface area contributed by atoms with Crippen molar-refractivity contribution in [2.75, 3.05) is 56.1 Å². The first kappa shape index (κ1) is 27.4. The molecule has 188 valence electrons. The van der Waals surface area contributed by atoms with Gasteiger partial charge in [-0.3, -0.25) is 9.69 Å². The lowest BCUT2D eigenvalue weighted by molar-refractivity contribution is 0.0529. The van der Waals surface area contributed by atoms with E-state index in [1.165, 1.54) is 0 Å². The smallest absolute Gasteiger partial charge is 0.407 e. The van der Waals surface area contributed by atoms with Gasteiger partial charge in [0, 0.05) is 45.7 Å². The Hall–Kier alpha value is -2.84. The van der Waals surface area contributed by atoms with Gasteiger partial charge in [0.2, 0.25) is 0 Å². The van der Waals surface area contributed by atoms with E-state index in [1.54, 1.807) is 32.9 Å². The molecule has 0 saturated carbocycles. The van der Waals surface area contributed by atoms with Gasteiger partial charge >= 0.3 is 6.09 Å². The number of amides is 2. The summed E-state index contributed by atoms with van der Waals surface area (Å²) in [4.78, 5) is 30.8. The van der Waals surface area contributed by atoms with Gasteiger partial charge in [0.1, 0.15) is 17.1 Å². The molecule has 1 fully saturated rings. The highest BCUT2D eigenvalue weighted by Gasteiger charge is 2.21. The van der Waals surface area contributed by atoms with Gasteiger partial charge in [-0.05, 0) is 45.7 Å². The SMILES string of the molecule is CCNc1nc(C#CCCNC(=O)OC(C)(C)C)ccc1C(=O)NCCN1CCS(=O)(=O)CC1. The average Bonchev–Trinajstić information content (AvgIpc) is 2.74. The van der Waals surface area contributed by atoms with Crippen molar-refractivity contribution in [3.63, 3.8) is 0 Å². The normalized spacial score (nSPS) is 15.5. The van der Waals surface area contributed by atoms with Crippen molar-refractivity contribution >= 4 is 27.7 Å². The van der Waals surface area contributed by atoms with E-state index in [0.717, 1.165) is 0 Å². The third-order valence-electron chi connectivity index (χ3n) is 4.77. The van der Waals surface area contributed by atoms with Crippen LogP contribution in [0.2, 0.25) is 0 Å². The molecule has 11 heteroatoms. The number of nitrogens with zero attached hydrogens (tertiary/aromatic N) is 2. The predicted molar refractivity (Wildman–Crippen MR) is 132 cm³/mol. The molecular formula is C23H35N5O5S. The molecule has 34 heavy (non-hydrogen) atoms. The first-order chi connectivity index (χ1) is 16.0. The molecule has 1 aliphatic heterocycles. The number of pyridine rings is 1. The Labute approximate surface area is 202 Å². The monoisotopic (exact) mass is 493 g/mol. The van der Waals surface area contributed by atoms with Crippen LogP contribution in [0.3, 0.4) is 0 Å². The fourth-order valence-electron chi connectivity index (χ4n) is 3.11. The molecule has 0 atom stereocenters. The zero-order chi connectivity index (χ0) is 25.2. The van der Waals surface area contributed by atoms with Crippen LogP contribution < -0.4 is 16.0 Å². The molecule has 1 aromatic heterocycles. The number of alkyl carbamates (subject to hydrolysis) is 1. The summed E-state index contributed by atoms with van der Waals surface area (Å²) >= 11 is 0. The Morgan fingerprint density at radius 1 is 1.15 bits per heavy atom. The second-order valence-corrected chi connectivity index (χ2v) is 11.2. The number of nitrogens with one attached hydrogen (secondary N) is 3. The van der Waals surface area contributed by atoms with Crippen molar-refractivity contribution in [1.82, 2.24) is 20.5 Å². The molecule has 3 N–H and O–H groups in total. The Morgan fingerprint density at radius 2 is 1.85 bits per heavy atom. The van der Waals surface area contributed by atoms with Gasteiger partial charge < -0.3 is 20.7 Å². The number of sulfone groups is 1. The van der Waals surface area contributed by atoms with Gasteiger partial charge in [0.05, 0.1) is 17.1 Å². The van der Waals surface area contributed by atoms with Gasteiger partial charge in [-0.1, -0.05) is 5.92 Å². The summed E-state index contributed by atoms with van der Waals surface area (Å²) in [6.07, 6.45) is -0.0557. The van der Waals surface area contributed by atoms with E-state index in [0.29, 0.717) is 62.8 Å². The van der Waals surface area contributed by atoms with Crippen LogP contribution >= 0.6 is 0 Å². The van der Waals surface area contributed by atoms with Gasteiger partial charge in [0.25, 0.3) is 5.91 Å². The zero-order valence-electron chi connectivity index (χ0n) is 20.4. The van der Waals surface area contributed by atoms with Crippen molar-refractivity contribution < 1.29 is 22.7 Å². The van der Waals surface area contributed by atoms with Crippen LogP contribution in [0.15, 0.2) is 12.1 Å². The number of ether oxygens (including phenoxy) is 1. The second kappa shape index (κ2) is 12.6. The molecule has 0 aliphatic carbocycles. The van der Waals surface area contributed by atoms with Crippen molar-refractivity contribution in [3.8, 4) is 11.8 Å². The molecule has 1 saturated heterocycles. The Balaban J connectivity index is 1.86. The summed E-state index contributed by atoms with van der Waals surface area (Å²) in [5.41, 5.74) is 0.382. The Bertz CT molecular complexity index is 1010. The highest BCUT2D eigenvalue weighted by Crippen LogP contribution is 2.13. The second-order valence-electron chi connectivity index (χ2n) is 8.85. The van der Waals surface area contributed by atoms with Gasteiger partial charge in [0.15, 0.2) is 9.84 Å². The number of carbonyl (C=O) groups is 2. The lowest BCUT2D eigenvalue weighted by Crippen LogP contribution is -2.43. The predicted octanol–water partition coefficient (Wildman–Crippen LogP) is 1.24. The maximum atomic E-state index is 12.7. The van der Waals surface area contributed by atoms with Crippen molar-refractivity contribution in [3.05, 3.63) is 23.4 Å².